The highest BCUT2D eigenvalue weighted by molar-refractivity contribution is 5.94. The van der Waals surface area contributed by atoms with Gasteiger partial charge in [-0.1, -0.05) is 60.2 Å². The predicted molar refractivity (Wildman–Crippen MR) is 112 cm³/mol. The van der Waals surface area contributed by atoms with Gasteiger partial charge in [-0.05, 0) is 54.8 Å². The lowest BCUT2D eigenvalue weighted by Crippen LogP contribution is -2.40. The molecule has 2 bridgehead atoms. The van der Waals surface area contributed by atoms with Crippen LogP contribution in [-0.2, 0) is 0 Å². The summed E-state index contributed by atoms with van der Waals surface area (Å²) in [6, 6.07) is 26.7. The topological polar surface area (TPSA) is 27.0 Å². The zero-order chi connectivity index (χ0) is 18.2. The Bertz CT molecular complexity index is 1040. The Hall–Kier alpha value is -3.05. The Kier molecular flexibility index (Phi) is 3.94. The van der Waals surface area contributed by atoms with Gasteiger partial charge in [-0.25, -0.2) is 0 Å². The van der Waals surface area contributed by atoms with Gasteiger partial charge in [0.05, 0.1) is 11.6 Å². The van der Waals surface area contributed by atoms with Crippen LogP contribution in [0.1, 0.15) is 36.8 Å². The van der Waals surface area contributed by atoms with Crippen molar-refractivity contribution in [3.8, 4) is 6.07 Å². The number of piperidine rings is 1. The summed E-state index contributed by atoms with van der Waals surface area (Å²) in [6.07, 6.45) is 7.23. The first-order valence-electron chi connectivity index (χ1n) is 9.78. The van der Waals surface area contributed by atoms with E-state index in [1.165, 1.54) is 29.5 Å². The van der Waals surface area contributed by atoms with Gasteiger partial charge in [0.1, 0.15) is 0 Å². The van der Waals surface area contributed by atoms with Crippen molar-refractivity contribution in [2.45, 2.75) is 37.8 Å². The molecule has 0 saturated carbocycles. The molecule has 2 atom stereocenters. The van der Waals surface area contributed by atoms with E-state index in [0.29, 0.717) is 12.1 Å². The first-order valence-corrected chi connectivity index (χ1v) is 9.78. The third-order valence-electron chi connectivity index (χ3n) is 6.11. The molecule has 2 heterocycles. The molecule has 2 aliphatic heterocycles. The van der Waals surface area contributed by atoms with Crippen molar-refractivity contribution < 1.29 is 0 Å². The molecular weight excluding hydrogens is 328 g/mol. The van der Waals surface area contributed by atoms with Crippen LogP contribution in [0.25, 0.3) is 16.8 Å². The van der Waals surface area contributed by atoms with E-state index in [1.54, 1.807) is 5.57 Å². The van der Waals surface area contributed by atoms with Crippen molar-refractivity contribution in [3.05, 3.63) is 83.4 Å². The summed E-state index contributed by atoms with van der Waals surface area (Å²) < 4.78 is 0. The van der Waals surface area contributed by atoms with Crippen molar-refractivity contribution in [2.24, 2.45) is 0 Å². The molecule has 132 valence electrons. The van der Waals surface area contributed by atoms with E-state index in [4.69, 9.17) is 0 Å². The fourth-order valence-corrected chi connectivity index (χ4v) is 4.96. The summed E-state index contributed by atoms with van der Waals surface area (Å²) in [5.74, 6) is 0. The Balaban J connectivity index is 1.49. The second-order valence-corrected chi connectivity index (χ2v) is 7.70. The summed E-state index contributed by atoms with van der Waals surface area (Å²) in [5.41, 5.74) is 4.91. The van der Waals surface area contributed by atoms with Crippen molar-refractivity contribution >= 4 is 22.5 Å². The van der Waals surface area contributed by atoms with Gasteiger partial charge in [0.2, 0.25) is 0 Å². The molecule has 3 aromatic rings. The molecule has 0 amide bonds. The second kappa shape index (κ2) is 6.59. The molecule has 2 fully saturated rings. The van der Waals surface area contributed by atoms with E-state index >= 15 is 0 Å². The minimum atomic E-state index is 0.613. The number of fused-ring (bicyclic) bond motifs is 3. The van der Waals surface area contributed by atoms with Crippen LogP contribution in [0, 0.1) is 11.3 Å². The molecule has 0 spiro atoms. The van der Waals surface area contributed by atoms with Crippen LogP contribution in [-0.4, -0.2) is 12.1 Å². The quantitative estimate of drug-likeness (QED) is 0.573. The maximum atomic E-state index is 9.39. The highest BCUT2D eigenvalue weighted by Gasteiger charge is 2.38. The predicted octanol–water partition coefficient (Wildman–Crippen LogP) is 5.93. The lowest BCUT2D eigenvalue weighted by Gasteiger charge is -2.38. The van der Waals surface area contributed by atoms with E-state index in [1.807, 2.05) is 12.1 Å². The van der Waals surface area contributed by atoms with Crippen LogP contribution in [0.5, 0.6) is 0 Å². The lowest BCUT2D eigenvalue weighted by molar-refractivity contribution is 0.553. The van der Waals surface area contributed by atoms with Crippen molar-refractivity contribution in [3.63, 3.8) is 0 Å². The first-order chi connectivity index (χ1) is 13.3. The number of hydrogen-bond acceptors (Lipinski definition) is 2. The van der Waals surface area contributed by atoms with E-state index in [0.717, 1.165) is 23.8 Å². The molecule has 2 nitrogen and oxygen atoms in total. The largest absolute Gasteiger partial charge is 0.365 e. The van der Waals surface area contributed by atoms with Crippen molar-refractivity contribution in [2.75, 3.05) is 4.90 Å². The second-order valence-electron chi connectivity index (χ2n) is 7.70. The summed E-state index contributed by atoms with van der Waals surface area (Å²) in [4.78, 5) is 2.65. The van der Waals surface area contributed by atoms with E-state index < -0.39 is 0 Å². The molecule has 0 radical (unpaired) electrons. The highest BCUT2D eigenvalue weighted by Crippen LogP contribution is 2.42. The lowest BCUT2D eigenvalue weighted by atomic mass is 9.92. The minimum absolute atomic E-state index is 0.613. The fraction of sp³-hybridized carbons (Fsp3) is 0.240. The third-order valence-corrected chi connectivity index (χ3v) is 6.11. The van der Waals surface area contributed by atoms with Gasteiger partial charge in [-0.2, -0.15) is 5.26 Å². The smallest absolute Gasteiger partial charge is 0.0998 e. The fourth-order valence-electron chi connectivity index (χ4n) is 4.96. The van der Waals surface area contributed by atoms with Gasteiger partial charge < -0.3 is 4.90 Å². The van der Waals surface area contributed by atoms with Gasteiger partial charge in [0.25, 0.3) is 0 Å². The number of nitrogens with zero attached hydrogens (tertiary/aromatic N) is 2. The highest BCUT2D eigenvalue weighted by atomic mass is 15.2. The zero-order valence-corrected chi connectivity index (χ0v) is 15.3. The molecular formula is C25H22N2. The molecule has 3 aromatic carbocycles. The molecule has 2 heteroatoms. The molecule has 0 unspecified atom stereocenters. The average Bonchev–Trinajstić information content (AvgIpc) is 2.99. The Morgan fingerprint density at radius 1 is 0.815 bits per heavy atom. The summed E-state index contributed by atoms with van der Waals surface area (Å²) in [6.45, 7) is 0. The SMILES string of the molecule is N#Cc1ccc(C=C2C[C@H]3CC[C@@H](C2)N3c2ccccc2)c2ccccc12. The van der Waals surface area contributed by atoms with Crippen LogP contribution in [0.15, 0.2) is 72.3 Å². The van der Waals surface area contributed by atoms with E-state index in [-0.39, 0.29) is 0 Å². The number of para-hydroxylation sites is 1. The van der Waals surface area contributed by atoms with Crippen LogP contribution < -0.4 is 4.90 Å². The van der Waals surface area contributed by atoms with Gasteiger partial charge in [-0.15, -0.1) is 0 Å². The first kappa shape index (κ1) is 16.1. The summed E-state index contributed by atoms with van der Waals surface area (Å²) in [7, 11) is 0. The van der Waals surface area contributed by atoms with Crippen LogP contribution >= 0.6 is 0 Å². The average molecular weight is 350 g/mol. The summed E-state index contributed by atoms with van der Waals surface area (Å²) in [5, 5.41) is 11.6. The van der Waals surface area contributed by atoms with Crippen molar-refractivity contribution in [1.82, 2.24) is 0 Å². The van der Waals surface area contributed by atoms with Gasteiger partial charge in [0, 0.05) is 23.2 Å². The monoisotopic (exact) mass is 350 g/mol. The molecule has 0 aliphatic carbocycles. The molecule has 2 saturated heterocycles. The van der Waals surface area contributed by atoms with E-state index in [9.17, 15) is 5.26 Å². The maximum absolute atomic E-state index is 9.39. The Labute approximate surface area is 160 Å². The maximum Gasteiger partial charge on any atom is 0.0998 e. The molecule has 5 rings (SSSR count). The number of rotatable bonds is 2. The number of benzene rings is 3. The molecule has 0 aromatic heterocycles. The van der Waals surface area contributed by atoms with E-state index in [2.05, 4.69) is 71.6 Å². The molecule has 0 N–H and O–H groups in total. The Morgan fingerprint density at radius 2 is 1.48 bits per heavy atom. The van der Waals surface area contributed by atoms with Crippen LogP contribution in [0.4, 0.5) is 5.69 Å². The molecule has 2 aliphatic rings. The van der Waals surface area contributed by atoms with Crippen LogP contribution in [0.3, 0.4) is 0 Å². The molecule has 27 heavy (non-hydrogen) atoms. The normalized spacial score (nSPS) is 22.9. The zero-order valence-electron chi connectivity index (χ0n) is 15.3. The Morgan fingerprint density at radius 3 is 2.19 bits per heavy atom. The van der Waals surface area contributed by atoms with Crippen molar-refractivity contribution in [1.29, 1.82) is 5.26 Å². The standard InChI is InChI=1S/C25H22N2/c26-17-20-11-10-19(24-8-4-5-9-25(20)24)14-18-15-22-12-13-23(16-18)27(22)21-6-2-1-3-7-21/h1-11,14,22-23H,12-13,15-16H2/t22-,23+. The number of hydrogen-bond donors (Lipinski definition) is 0. The van der Waals surface area contributed by atoms with Gasteiger partial charge >= 0.3 is 0 Å². The third kappa shape index (κ3) is 2.80. The number of nitriles is 1. The van der Waals surface area contributed by atoms with Gasteiger partial charge in [0.15, 0.2) is 0 Å². The number of anilines is 1. The van der Waals surface area contributed by atoms with Crippen LogP contribution in [0.2, 0.25) is 0 Å². The summed E-state index contributed by atoms with van der Waals surface area (Å²) >= 11 is 0. The van der Waals surface area contributed by atoms with Gasteiger partial charge in [-0.3, -0.25) is 0 Å². The minimum Gasteiger partial charge on any atom is -0.365 e.